The van der Waals surface area contributed by atoms with Crippen LogP contribution in [0.1, 0.15) is 36.7 Å². The van der Waals surface area contributed by atoms with Gasteiger partial charge >= 0.3 is 16.3 Å². The van der Waals surface area contributed by atoms with Crippen molar-refractivity contribution in [2.24, 2.45) is 16.6 Å². The molecule has 1 aliphatic carbocycles. The highest BCUT2D eigenvalue weighted by Gasteiger charge is 2.56. The minimum atomic E-state index is -5.00. The Kier molecular flexibility index (Phi) is 7.34. The summed E-state index contributed by atoms with van der Waals surface area (Å²) in [4.78, 5) is 47.3. The van der Waals surface area contributed by atoms with E-state index in [0.29, 0.717) is 18.7 Å². The van der Waals surface area contributed by atoms with E-state index in [9.17, 15) is 32.5 Å². The first kappa shape index (κ1) is 27.3. The van der Waals surface area contributed by atoms with Crippen LogP contribution in [0.15, 0.2) is 16.7 Å². The third-order valence-corrected chi connectivity index (χ3v) is 7.47. The number of hydrogen-bond acceptors (Lipinski definition) is 14. The molecular formula is C18H24N10O8S2. The second-order valence-corrected chi connectivity index (χ2v) is 10.7. The predicted octanol–water partition coefficient (Wildman–Crippen LogP) is -2.80. The predicted molar refractivity (Wildman–Crippen MR) is 128 cm³/mol. The molecule has 0 radical (unpaired) electrons. The summed E-state index contributed by atoms with van der Waals surface area (Å²) in [6, 6.07) is -3.33. The molecule has 2 aromatic heterocycles. The van der Waals surface area contributed by atoms with Crippen LogP contribution in [0, 0.1) is 0 Å². The summed E-state index contributed by atoms with van der Waals surface area (Å²) in [6.07, 6.45) is 2.09. The molecule has 2 amide bonds. The van der Waals surface area contributed by atoms with E-state index < -0.39 is 57.5 Å². The van der Waals surface area contributed by atoms with Crippen molar-refractivity contribution in [3.63, 3.8) is 0 Å². The van der Waals surface area contributed by atoms with Gasteiger partial charge in [-0.2, -0.15) is 23.4 Å². The van der Waals surface area contributed by atoms with Crippen molar-refractivity contribution in [1.29, 1.82) is 0 Å². The standard InChI is InChI=1S/C18H24N10O8S2/c19-4-1-8(20)9-5-22-27(25-9)6-11-13(15(30)28(11)38(33,34)35)24-14(29)12(10-7-37-17(21)23-10)26-36-18(2-3-18)16(31)32/h5,7-8,11,13H,1-4,6,19-20H2,(H2,21,23)(H,24,29)(H,31,32)(H,33,34,35)/b26-12-/t8-,11+,13-/m0/s1. The molecule has 1 saturated carbocycles. The van der Waals surface area contributed by atoms with E-state index in [-0.39, 0.29) is 34.5 Å². The number of rotatable bonds is 12. The van der Waals surface area contributed by atoms with Crippen molar-refractivity contribution in [2.45, 2.75) is 49.5 Å². The Hall–Kier alpha value is -3.72. The summed E-state index contributed by atoms with van der Waals surface area (Å²) in [6.45, 7) is -0.0534. The van der Waals surface area contributed by atoms with Crippen molar-refractivity contribution < 1.29 is 37.3 Å². The zero-order chi connectivity index (χ0) is 27.8. The van der Waals surface area contributed by atoms with Gasteiger partial charge in [-0.05, 0) is 13.0 Å². The zero-order valence-corrected chi connectivity index (χ0v) is 21.1. The fourth-order valence-electron chi connectivity index (χ4n) is 3.61. The molecule has 38 heavy (non-hydrogen) atoms. The van der Waals surface area contributed by atoms with Crippen LogP contribution in [0.25, 0.3) is 0 Å². The first-order valence-corrected chi connectivity index (χ1v) is 13.3. The number of carboxylic acids is 1. The molecule has 3 atom stereocenters. The third-order valence-electron chi connectivity index (χ3n) is 5.85. The van der Waals surface area contributed by atoms with Gasteiger partial charge in [-0.15, -0.1) is 11.3 Å². The summed E-state index contributed by atoms with van der Waals surface area (Å²) in [5, 5.41) is 24.9. The number of nitrogens with zero attached hydrogens (tertiary/aromatic N) is 6. The third kappa shape index (κ3) is 5.43. The number of oxime groups is 1. The number of carboxylic acid groups (broad SMARTS) is 1. The van der Waals surface area contributed by atoms with Gasteiger partial charge in [0.2, 0.25) is 5.60 Å². The van der Waals surface area contributed by atoms with E-state index in [1.165, 1.54) is 11.6 Å². The molecule has 1 saturated heterocycles. The Morgan fingerprint density at radius 3 is 2.66 bits per heavy atom. The second kappa shape index (κ2) is 10.2. The fraction of sp³-hybridized carbons (Fsp3) is 0.500. The lowest BCUT2D eigenvalue weighted by Gasteiger charge is -2.43. The monoisotopic (exact) mass is 572 g/mol. The number of carbonyl (C=O) groups is 3. The molecule has 1 aliphatic heterocycles. The molecule has 9 N–H and O–H groups in total. The maximum Gasteiger partial charge on any atom is 0.362 e. The topological polar surface area (TPSA) is 284 Å². The van der Waals surface area contributed by atoms with Gasteiger partial charge < -0.3 is 32.5 Å². The fourth-order valence-corrected chi connectivity index (χ4v) is 5.02. The average molecular weight is 573 g/mol. The Bertz CT molecular complexity index is 1380. The highest BCUT2D eigenvalue weighted by Crippen LogP contribution is 2.40. The molecule has 2 fully saturated rings. The molecule has 0 unspecified atom stereocenters. The molecule has 20 heteroatoms. The smallest absolute Gasteiger partial charge is 0.362 e. The maximum atomic E-state index is 13.1. The minimum Gasteiger partial charge on any atom is -0.478 e. The number of β-lactam (4-membered cyclic amide) rings is 1. The number of aromatic nitrogens is 4. The Balaban J connectivity index is 1.57. The molecule has 18 nitrogen and oxygen atoms in total. The maximum absolute atomic E-state index is 13.1. The summed E-state index contributed by atoms with van der Waals surface area (Å²) in [5.41, 5.74) is 15.3. The number of nitrogens with one attached hydrogen (secondary N) is 1. The SMILES string of the molecule is NCC[C@H](N)c1cnn(C[C@@H]2[C@H](NC(=O)/C(=N\OC3(C(=O)O)CC3)c3csc(N)n3)C(=O)N2S(=O)(=O)O)n1. The van der Waals surface area contributed by atoms with Crippen molar-refractivity contribution in [1.82, 2.24) is 29.6 Å². The number of anilines is 1. The average Bonchev–Trinajstić information content (AvgIpc) is 3.27. The quantitative estimate of drug-likeness (QED) is 0.0648. The Morgan fingerprint density at radius 2 is 2.11 bits per heavy atom. The van der Waals surface area contributed by atoms with Gasteiger partial charge in [0.15, 0.2) is 10.8 Å². The zero-order valence-electron chi connectivity index (χ0n) is 19.5. The normalized spacial score (nSPS) is 21.5. The molecule has 3 heterocycles. The van der Waals surface area contributed by atoms with Gasteiger partial charge in [0.25, 0.3) is 11.8 Å². The van der Waals surface area contributed by atoms with Gasteiger partial charge in [0, 0.05) is 18.2 Å². The van der Waals surface area contributed by atoms with Crippen LogP contribution in [0.3, 0.4) is 0 Å². The van der Waals surface area contributed by atoms with Crippen molar-refractivity contribution >= 4 is 50.3 Å². The first-order valence-electron chi connectivity index (χ1n) is 11.0. The molecule has 2 aromatic rings. The summed E-state index contributed by atoms with van der Waals surface area (Å²) in [7, 11) is -5.00. The van der Waals surface area contributed by atoms with Crippen LogP contribution in [0.4, 0.5) is 5.13 Å². The van der Waals surface area contributed by atoms with Crippen LogP contribution in [-0.2, 0) is 36.1 Å². The van der Waals surface area contributed by atoms with E-state index in [2.05, 4.69) is 25.7 Å². The molecule has 0 aromatic carbocycles. The lowest BCUT2D eigenvalue weighted by molar-refractivity contribution is -0.153. The molecule has 0 spiro atoms. The summed E-state index contributed by atoms with van der Waals surface area (Å²) >= 11 is 0.967. The van der Waals surface area contributed by atoms with E-state index in [0.717, 1.165) is 16.1 Å². The Morgan fingerprint density at radius 1 is 1.39 bits per heavy atom. The molecule has 206 valence electrons. The van der Waals surface area contributed by atoms with Crippen LogP contribution in [0.5, 0.6) is 0 Å². The summed E-state index contributed by atoms with van der Waals surface area (Å²) in [5.74, 6) is -3.44. The minimum absolute atomic E-state index is 0.0616. The van der Waals surface area contributed by atoms with Gasteiger partial charge in [-0.3, -0.25) is 14.1 Å². The number of nitrogens with two attached hydrogens (primary N) is 3. The van der Waals surface area contributed by atoms with Gasteiger partial charge in [-0.1, -0.05) is 5.16 Å². The molecule has 4 rings (SSSR count). The number of nitrogen functional groups attached to an aromatic ring is 1. The summed E-state index contributed by atoms with van der Waals surface area (Å²) < 4.78 is 33.4. The van der Waals surface area contributed by atoms with E-state index in [4.69, 9.17) is 22.0 Å². The number of aliphatic carboxylic acids is 1. The molecule has 0 bridgehead atoms. The highest BCUT2D eigenvalue weighted by molar-refractivity contribution is 7.84. The molecular weight excluding hydrogens is 548 g/mol. The van der Waals surface area contributed by atoms with E-state index >= 15 is 0 Å². The van der Waals surface area contributed by atoms with Gasteiger partial charge in [0.05, 0.1) is 24.5 Å². The lowest BCUT2D eigenvalue weighted by atomic mass is 9.98. The van der Waals surface area contributed by atoms with E-state index in [1.807, 2.05) is 0 Å². The second-order valence-electron chi connectivity index (χ2n) is 8.54. The van der Waals surface area contributed by atoms with Crippen molar-refractivity contribution in [2.75, 3.05) is 12.3 Å². The number of thiazole rings is 1. The van der Waals surface area contributed by atoms with Crippen LogP contribution in [-0.4, -0.2) is 90.1 Å². The van der Waals surface area contributed by atoms with Crippen LogP contribution in [0.2, 0.25) is 0 Å². The number of carbonyl (C=O) groups excluding carboxylic acids is 2. The van der Waals surface area contributed by atoms with Crippen LogP contribution >= 0.6 is 11.3 Å². The van der Waals surface area contributed by atoms with Crippen molar-refractivity contribution in [3.8, 4) is 0 Å². The van der Waals surface area contributed by atoms with Crippen LogP contribution < -0.4 is 22.5 Å². The molecule has 2 aliphatic rings. The first-order chi connectivity index (χ1) is 17.9. The largest absolute Gasteiger partial charge is 0.478 e. The van der Waals surface area contributed by atoms with Crippen molar-refractivity contribution in [3.05, 3.63) is 23.0 Å². The lowest BCUT2D eigenvalue weighted by Crippen LogP contribution is -2.73. The Labute approximate surface area is 218 Å². The highest BCUT2D eigenvalue weighted by atomic mass is 32.2. The van der Waals surface area contributed by atoms with Gasteiger partial charge in [-0.25, -0.2) is 14.1 Å². The number of amides is 2. The van der Waals surface area contributed by atoms with E-state index in [1.54, 1.807) is 0 Å². The van der Waals surface area contributed by atoms with Gasteiger partial charge in [0.1, 0.15) is 17.8 Å². The number of hydrogen-bond donors (Lipinski definition) is 6.